The van der Waals surface area contributed by atoms with E-state index < -0.39 is 5.95 Å². The zero-order valence-corrected chi connectivity index (χ0v) is 6.21. The zero-order valence-electron chi connectivity index (χ0n) is 6.21. The largest absolute Gasteiger partial charge is 0.290 e. The molecule has 0 unspecified atom stereocenters. The molecule has 3 N–H and O–H groups in total. The Bertz CT molecular complexity index is 222. The summed E-state index contributed by atoms with van der Waals surface area (Å²) < 4.78 is 12.6. The van der Waals surface area contributed by atoms with E-state index in [-0.39, 0.29) is 5.82 Å². The smallest absolute Gasteiger partial charge is 0.277 e. The number of nitrogens with one attached hydrogen (secondary N) is 1. The lowest BCUT2D eigenvalue weighted by atomic mass is 10.4. The average Bonchev–Trinajstić information content (AvgIpc) is 2.36. The number of hydrogen-bond acceptors (Lipinski definition) is 4. The van der Waals surface area contributed by atoms with Gasteiger partial charge in [-0.25, -0.2) is 5.84 Å². The Labute approximate surface area is 63.3 Å². The van der Waals surface area contributed by atoms with Gasteiger partial charge in [0.05, 0.1) is 0 Å². The maximum absolute atomic E-state index is 12.6. The average molecular weight is 159 g/mol. The van der Waals surface area contributed by atoms with Crippen LogP contribution in [0.5, 0.6) is 0 Å². The van der Waals surface area contributed by atoms with E-state index in [0.29, 0.717) is 6.54 Å². The summed E-state index contributed by atoms with van der Waals surface area (Å²) in [6, 6.07) is 0. The van der Waals surface area contributed by atoms with E-state index in [1.54, 1.807) is 0 Å². The maximum atomic E-state index is 12.6. The lowest BCUT2D eigenvalue weighted by molar-refractivity contribution is 0.573. The van der Waals surface area contributed by atoms with Crippen LogP contribution in [-0.4, -0.2) is 22.0 Å². The van der Waals surface area contributed by atoms with E-state index >= 15 is 0 Å². The molecule has 0 aliphatic carbocycles. The Morgan fingerprint density at radius 1 is 1.64 bits per heavy atom. The molecule has 0 saturated heterocycles. The van der Waals surface area contributed by atoms with E-state index in [4.69, 9.17) is 5.84 Å². The van der Waals surface area contributed by atoms with Crippen LogP contribution in [0.4, 0.5) is 10.2 Å². The molecule has 0 bridgehead atoms. The highest BCUT2D eigenvalue weighted by atomic mass is 19.1. The summed E-state index contributed by atoms with van der Waals surface area (Å²) in [6.45, 7) is 2.50. The fourth-order valence-electron chi connectivity index (χ4n) is 0.742. The van der Waals surface area contributed by atoms with Crippen molar-refractivity contribution in [3.05, 3.63) is 5.95 Å². The van der Waals surface area contributed by atoms with Gasteiger partial charge in [0, 0.05) is 6.54 Å². The van der Waals surface area contributed by atoms with E-state index in [9.17, 15) is 4.39 Å². The van der Waals surface area contributed by atoms with Gasteiger partial charge in [-0.3, -0.25) is 5.01 Å². The second-order valence-electron chi connectivity index (χ2n) is 2.13. The molecule has 0 amide bonds. The highest BCUT2D eigenvalue weighted by Crippen LogP contribution is 2.08. The van der Waals surface area contributed by atoms with Gasteiger partial charge >= 0.3 is 0 Å². The van der Waals surface area contributed by atoms with Crippen molar-refractivity contribution in [3.8, 4) is 0 Å². The third kappa shape index (κ3) is 1.64. The first-order chi connectivity index (χ1) is 5.25. The predicted molar refractivity (Wildman–Crippen MR) is 38.2 cm³/mol. The van der Waals surface area contributed by atoms with Crippen LogP contribution in [0.25, 0.3) is 0 Å². The first-order valence-corrected chi connectivity index (χ1v) is 3.34. The first-order valence-electron chi connectivity index (χ1n) is 3.34. The highest BCUT2D eigenvalue weighted by Gasteiger charge is 2.10. The Hall–Kier alpha value is -1.17. The van der Waals surface area contributed by atoms with Gasteiger partial charge in [0.2, 0.25) is 5.82 Å². The number of hydrazine groups is 1. The molecular formula is C5H10FN5. The molecular weight excluding hydrogens is 149 g/mol. The molecule has 0 radical (unpaired) electrons. The fourth-order valence-corrected chi connectivity index (χ4v) is 0.742. The molecule has 5 nitrogen and oxygen atoms in total. The Morgan fingerprint density at radius 2 is 2.36 bits per heavy atom. The summed E-state index contributed by atoms with van der Waals surface area (Å²) in [5.41, 5.74) is 0. The third-order valence-electron chi connectivity index (χ3n) is 1.23. The molecule has 1 rings (SSSR count). The van der Waals surface area contributed by atoms with Crippen LogP contribution in [0, 0.1) is 5.95 Å². The Balaban J connectivity index is 2.67. The molecule has 11 heavy (non-hydrogen) atoms. The molecule has 0 aliphatic heterocycles. The van der Waals surface area contributed by atoms with Gasteiger partial charge in [0.25, 0.3) is 5.95 Å². The van der Waals surface area contributed by atoms with E-state index in [1.807, 2.05) is 6.92 Å². The van der Waals surface area contributed by atoms with E-state index in [1.165, 1.54) is 5.01 Å². The van der Waals surface area contributed by atoms with Crippen molar-refractivity contribution in [2.24, 2.45) is 5.84 Å². The number of nitrogens with zero attached hydrogens (tertiary/aromatic N) is 3. The summed E-state index contributed by atoms with van der Waals surface area (Å²) in [7, 11) is 0. The SMILES string of the molecule is CCCN(N)c1n[nH]nc1F. The number of nitrogens with two attached hydrogens (primary N) is 1. The molecule has 62 valence electrons. The number of H-pyrrole nitrogens is 1. The van der Waals surface area contributed by atoms with Gasteiger partial charge in [-0.2, -0.15) is 9.60 Å². The minimum Gasteiger partial charge on any atom is -0.290 e. The molecule has 0 aliphatic rings. The summed E-state index contributed by atoms with van der Waals surface area (Å²) in [5.74, 6) is 4.82. The highest BCUT2D eigenvalue weighted by molar-refractivity contribution is 5.32. The van der Waals surface area contributed by atoms with Crippen LogP contribution in [0.15, 0.2) is 0 Å². The van der Waals surface area contributed by atoms with E-state index in [0.717, 1.165) is 6.42 Å². The first kappa shape index (κ1) is 7.93. The quantitative estimate of drug-likeness (QED) is 0.482. The lowest BCUT2D eigenvalue weighted by Gasteiger charge is -2.12. The Morgan fingerprint density at radius 3 is 2.82 bits per heavy atom. The minimum atomic E-state index is -0.666. The molecule has 1 aromatic heterocycles. The van der Waals surface area contributed by atoms with Crippen molar-refractivity contribution < 1.29 is 4.39 Å². The monoisotopic (exact) mass is 159 g/mol. The molecule has 0 saturated carbocycles. The van der Waals surface area contributed by atoms with Crippen LogP contribution < -0.4 is 10.9 Å². The normalized spacial score (nSPS) is 10.1. The van der Waals surface area contributed by atoms with Crippen molar-refractivity contribution in [2.45, 2.75) is 13.3 Å². The van der Waals surface area contributed by atoms with Crippen molar-refractivity contribution in [1.29, 1.82) is 0 Å². The summed E-state index contributed by atoms with van der Waals surface area (Å²) in [5, 5.41) is 10.1. The third-order valence-corrected chi connectivity index (χ3v) is 1.23. The van der Waals surface area contributed by atoms with Gasteiger partial charge in [-0.05, 0) is 6.42 Å². The fraction of sp³-hybridized carbons (Fsp3) is 0.600. The van der Waals surface area contributed by atoms with Crippen LogP contribution in [-0.2, 0) is 0 Å². The van der Waals surface area contributed by atoms with Crippen molar-refractivity contribution >= 4 is 5.82 Å². The topological polar surface area (TPSA) is 70.8 Å². The van der Waals surface area contributed by atoms with Gasteiger partial charge < -0.3 is 0 Å². The number of aromatic nitrogens is 3. The molecule has 0 aromatic carbocycles. The van der Waals surface area contributed by atoms with Crippen molar-refractivity contribution in [3.63, 3.8) is 0 Å². The number of anilines is 1. The molecule has 6 heteroatoms. The molecule has 1 heterocycles. The van der Waals surface area contributed by atoms with E-state index in [2.05, 4.69) is 15.4 Å². The van der Waals surface area contributed by atoms with Crippen molar-refractivity contribution in [1.82, 2.24) is 15.4 Å². The summed E-state index contributed by atoms with van der Waals surface area (Å²) in [4.78, 5) is 0. The zero-order chi connectivity index (χ0) is 8.27. The molecule has 1 aromatic rings. The standard InChI is InChI=1S/C5H10FN5/c1-2-3-11(7)5-4(6)8-10-9-5/h2-3,7H2,1H3,(H,8,9,10). The second-order valence-corrected chi connectivity index (χ2v) is 2.13. The van der Waals surface area contributed by atoms with Gasteiger partial charge in [0.1, 0.15) is 0 Å². The predicted octanol–water partition coefficient (Wildman–Crippen LogP) is 0.0339. The number of hydrogen-bond donors (Lipinski definition) is 2. The second kappa shape index (κ2) is 3.29. The number of halogens is 1. The van der Waals surface area contributed by atoms with Gasteiger partial charge in [0.15, 0.2) is 0 Å². The van der Waals surface area contributed by atoms with Gasteiger partial charge in [-0.15, -0.1) is 10.2 Å². The summed E-state index contributed by atoms with van der Waals surface area (Å²) >= 11 is 0. The van der Waals surface area contributed by atoms with Crippen LogP contribution in [0.3, 0.4) is 0 Å². The number of aromatic amines is 1. The van der Waals surface area contributed by atoms with Crippen molar-refractivity contribution in [2.75, 3.05) is 11.6 Å². The minimum absolute atomic E-state index is 0.0619. The van der Waals surface area contributed by atoms with Crippen LogP contribution >= 0.6 is 0 Å². The number of rotatable bonds is 3. The van der Waals surface area contributed by atoms with Crippen LogP contribution in [0.1, 0.15) is 13.3 Å². The lowest BCUT2D eigenvalue weighted by Crippen LogP contribution is -2.32. The Kier molecular flexibility index (Phi) is 2.37. The molecule has 0 atom stereocenters. The van der Waals surface area contributed by atoms with Gasteiger partial charge in [-0.1, -0.05) is 6.92 Å². The molecule has 0 fully saturated rings. The summed E-state index contributed by atoms with van der Waals surface area (Å²) in [6.07, 6.45) is 0.836. The maximum Gasteiger partial charge on any atom is 0.277 e. The van der Waals surface area contributed by atoms with Crippen LogP contribution in [0.2, 0.25) is 0 Å². The molecule has 0 spiro atoms.